The van der Waals surface area contributed by atoms with Crippen molar-refractivity contribution in [3.63, 3.8) is 0 Å². The van der Waals surface area contributed by atoms with Crippen LogP contribution in [0.1, 0.15) is 53.5 Å². The summed E-state index contributed by atoms with van der Waals surface area (Å²) < 4.78 is 5.24. The molecule has 2 aromatic carbocycles. The third-order valence-corrected chi connectivity index (χ3v) is 5.11. The van der Waals surface area contributed by atoms with Gasteiger partial charge in [0.25, 0.3) is 0 Å². The van der Waals surface area contributed by atoms with Crippen molar-refractivity contribution in [1.82, 2.24) is 15.3 Å². The number of carbonyl (C=O) groups excluding carboxylic acids is 1. The summed E-state index contributed by atoms with van der Waals surface area (Å²) in [6, 6.07) is 10.3. The molecule has 0 spiro atoms. The highest BCUT2D eigenvalue weighted by molar-refractivity contribution is 5.74. The fourth-order valence-electron chi connectivity index (χ4n) is 3.47. The summed E-state index contributed by atoms with van der Waals surface area (Å²) in [5.41, 5.74) is 7.93. The molecule has 0 saturated carbocycles. The Hall–Kier alpha value is -2.66. The lowest BCUT2D eigenvalue weighted by Crippen LogP contribution is -2.21. The predicted molar refractivity (Wildman–Crippen MR) is 107 cm³/mol. The quantitative estimate of drug-likeness (QED) is 0.635. The number of fused-ring (bicyclic) bond motifs is 1. The van der Waals surface area contributed by atoms with Crippen LogP contribution in [0.3, 0.4) is 0 Å². The normalized spacial score (nSPS) is 12.3. The number of rotatable bonds is 6. The number of nitrogens with one attached hydrogen (secondary N) is 2. The van der Waals surface area contributed by atoms with E-state index in [0.717, 1.165) is 34.5 Å². The first kappa shape index (κ1) is 19.1. The maximum atomic E-state index is 11.2. The van der Waals surface area contributed by atoms with Crippen molar-refractivity contribution in [2.45, 2.75) is 53.8 Å². The van der Waals surface area contributed by atoms with Gasteiger partial charge in [0.1, 0.15) is 12.4 Å². The minimum atomic E-state index is -0.257. The number of aromatic nitrogens is 2. The zero-order valence-electron chi connectivity index (χ0n) is 16.6. The molecular weight excluding hydrogens is 338 g/mol. The summed E-state index contributed by atoms with van der Waals surface area (Å²) in [5.74, 6) is 0.673. The molecule has 2 N–H and O–H groups in total. The minimum Gasteiger partial charge on any atom is -0.461 e. The summed E-state index contributed by atoms with van der Waals surface area (Å²) in [7, 11) is 0. The van der Waals surface area contributed by atoms with E-state index >= 15 is 0 Å². The Kier molecular flexibility index (Phi) is 5.61. The monoisotopic (exact) mass is 365 g/mol. The van der Waals surface area contributed by atoms with Crippen LogP contribution >= 0.6 is 0 Å². The number of aromatic amines is 1. The van der Waals surface area contributed by atoms with Crippen molar-refractivity contribution in [1.29, 1.82) is 0 Å². The first-order chi connectivity index (χ1) is 12.9. The molecule has 0 bridgehead atoms. The van der Waals surface area contributed by atoms with Gasteiger partial charge in [0.15, 0.2) is 0 Å². The van der Waals surface area contributed by atoms with Crippen molar-refractivity contribution < 1.29 is 9.53 Å². The lowest BCUT2D eigenvalue weighted by atomic mass is 9.93. The highest BCUT2D eigenvalue weighted by Crippen LogP contribution is 2.24. The molecule has 0 aliphatic heterocycles. The molecule has 0 saturated heterocycles. The van der Waals surface area contributed by atoms with Crippen molar-refractivity contribution in [3.8, 4) is 0 Å². The van der Waals surface area contributed by atoms with Gasteiger partial charge in [0, 0.05) is 13.5 Å². The van der Waals surface area contributed by atoms with Crippen LogP contribution in [0.25, 0.3) is 11.0 Å². The van der Waals surface area contributed by atoms with Crippen LogP contribution in [-0.4, -0.2) is 15.9 Å². The second-order valence-electron chi connectivity index (χ2n) is 7.11. The molecule has 0 unspecified atom stereocenters. The van der Waals surface area contributed by atoms with E-state index in [2.05, 4.69) is 49.0 Å². The summed E-state index contributed by atoms with van der Waals surface area (Å²) in [6.07, 6.45) is 0. The van der Waals surface area contributed by atoms with Gasteiger partial charge in [-0.2, -0.15) is 0 Å². The molecule has 1 atom stereocenters. The Balaban J connectivity index is 1.78. The average molecular weight is 365 g/mol. The highest BCUT2D eigenvalue weighted by Gasteiger charge is 2.15. The summed E-state index contributed by atoms with van der Waals surface area (Å²) in [5, 5.41) is 3.57. The third-order valence-electron chi connectivity index (χ3n) is 5.11. The second-order valence-corrected chi connectivity index (χ2v) is 7.11. The Bertz CT molecular complexity index is 942. The second kappa shape index (κ2) is 7.92. The van der Waals surface area contributed by atoms with Gasteiger partial charge in [-0.1, -0.05) is 18.2 Å². The van der Waals surface area contributed by atoms with Crippen LogP contribution in [-0.2, 0) is 22.7 Å². The smallest absolute Gasteiger partial charge is 0.302 e. The Morgan fingerprint density at radius 3 is 2.59 bits per heavy atom. The number of H-pyrrole nitrogens is 1. The van der Waals surface area contributed by atoms with Crippen LogP contribution < -0.4 is 5.32 Å². The lowest BCUT2D eigenvalue weighted by molar-refractivity contribution is -0.142. The van der Waals surface area contributed by atoms with Gasteiger partial charge in [-0.15, -0.1) is 0 Å². The van der Waals surface area contributed by atoms with Crippen molar-refractivity contribution in [2.24, 2.45) is 0 Å². The Labute approximate surface area is 160 Å². The van der Waals surface area contributed by atoms with Crippen LogP contribution in [0.4, 0.5) is 0 Å². The van der Waals surface area contributed by atoms with E-state index in [1.165, 1.54) is 23.6 Å². The summed E-state index contributed by atoms with van der Waals surface area (Å²) in [4.78, 5) is 19.3. The molecule has 3 aromatic rings. The molecule has 1 heterocycles. The van der Waals surface area contributed by atoms with E-state index in [0.29, 0.717) is 6.61 Å². The maximum Gasteiger partial charge on any atom is 0.302 e. The SMILES string of the molecule is CC(=O)OCc1c(C)cc(C)c(CN[C@@H](C)c2nc3ccccc3[nH]2)c1C. The topological polar surface area (TPSA) is 67.0 Å². The number of imidazole rings is 1. The molecular formula is C22H27N3O2. The fourth-order valence-corrected chi connectivity index (χ4v) is 3.47. The molecule has 27 heavy (non-hydrogen) atoms. The number of benzene rings is 2. The van der Waals surface area contributed by atoms with Crippen LogP contribution in [0.2, 0.25) is 0 Å². The number of para-hydroxylation sites is 2. The molecule has 0 amide bonds. The third kappa shape index (κ3) is 4.19. The van der Waals surface area contributed by atoms with Gasteiger partial charge in [-0.05, 0) is 67.6 Å². The van der Waals surface area contributed by atoms with E-state index in [9.17, 15) is 4.79 Å². The average Bonchev–Trinajstić information content (AvgIpc) is 3.05. The molecule has 142 valence electrons. The van der Waals surface area contributed by atoms with Crippen LogP contribution in [0.15, 0.2) is 30.3 Å². The molecule has 0 radical (unpaired) electrons. The number of aryl methyl sites for hydroxylation is 2. The van der Waals surface area contributed by atoms with E-state index in [1.807, 2.05) is 24.3 Å². The maximum absolute atomic E-state index is 11.2. The van der Waals surface area contributed by atoms with E-state index < -0.39 is 0 Å². The Morgan fingerprint density at radius 1 is 1.19 bits per heavy atom. The highest BCUT2D eigenvalue weighted by atomic mass is 16.5. The van der Waals surface area contributed by atoms with E-state index in [-0.39, 0.29) is 12.0 Å². The van der Waals surface area contributed by atoms with Gasteiger partial charge < -0.3 is 15.0 Å². The van der Waals surface area contributed by atoms with Gasteiger partial charge in [-0.25, -0.2) is 4.98 Å². The lowest BCUT2D eigenvalue weighted by Gasteiger charge is -2.19. The summed E-state index contributed by atoms with van der Waals surface area (Å²) >= 11 is 0. The number of hydrogen-bond acceptors (Lipinski definition) is 4. The van der Waals surface area contributed by atoms with Crippen molar-refractivity contribution >= 4 is 17.0 Å². The molecule has 0 aliphatic carbocycles. The van der Waals surface area contributed by atoms with Crippen molar-refractivity contribution in [3.05, 3.63) is 64.0 Å². The molecule has 0 aliphatic rings. The number of hydrogen-bond donors (Lipinski definition) is 2. The molecule has 0 fully saturated rings. The first-order valence-electron chi connectivity index (χ1n) is 9.26. The predicted octanol–water partition coefficient (Wildman–Crippen LogP) is 4.40. The zero-order chi connectivity index (χ0) is 19.6. The standard InChI is InChI=1S/C22H27N3O2/c1-13-10-14(2)19(12-27-17(5)26)15(3)18(13)11-23-16(4)22-24-20-8-6-7-9-21(20)25-22/h6-10,16,23H,11-12H2,1-5H3,(H,24,25)/t16-/m0/s1. The minimum absolute atomic E-state index is 0.0921. The van der Waals surface area contributed by atoms with Crippen molar-refractivity contribution in [2.75, 3.05) is 0 Å². The molecule has 1 aromatic heterocycles. The number of carbonyl (C=O) groups is 1. The molecule has 5 nitrogen and oxygen atoms in total. The largest absolute Gasteiger partial charge is 0.461 e. The number of nitrogens with zero attached hydrogens (tertiary/aromatic N) is 1. The summed E-state index contributed by atoms with van der Waals surface area (Å²) in [6.45, 7) is 10.9. The van der Waals surface area contributed by atoms with E-state index in [4.69, 9.17) is 4.74 Å². The van der Waals surface area contributed by atoms with Crippen LogP contribution in [0.5, 0.6) is 0 Å². The van der Waals surface area contributed by atoms with Gasteiger partial charge in [0.2, 0.25) is 0 Å². The van der Waals surface area contributed by atoms with Gasteiger partial charge >= 0.3 is 5.97 Å². The van der Waals surface area contributed by atoms with Gasteiger partial charge in [-0.3, -0.25) is 4.79 Å². The molecule has 5 heteroatoms. The van der Waals surface area contributed by atoms with Crippen LogP contribution in [0, 0.1) is 20.8 Å². The fraction of sp³-hybridized carbons (Fsp3) is 0.364. The number of esters is 1. The van der Waals surface area contributed by atoms with E-state index in [1.54, 1.807) is 0 Å². The number of ether oxygens (including phenoxy) is 1. The first-order valence-corrected chi connectivity index (χ1v) is 9.26. The zero-order valence-corrected chi connectivity index (χ0v) is 16.6. The Morgan fingerprint density at radius 2 is 1.89 bits per heavy atom. The van der Waals surface area contributed by atoms with Gasteiger partial charge in [0.05, 0.1) is 17.1 Å². The molecule has 3 rings (SSSR count).